The first-order valence-corrected chi connectivity index (χ1v) is 6.76. The number of nitrogens with zero attached hydrogens (tertiary/aromatic N) is 1. The highest BCUT2D eigenvalue weighted by Gasteiger charge is 2.14. The van der Waals surface area contributed by atoms with Crippen LogP contribution in [0.15, 0.2) is 34.7 Å². The average molecular weight is 317 g/mol. The zero-order valence-corrected chi connectivity index (χ0v) is 12.6. The SMILES string of the molecule is Cc1cc(C(=O)NCC(=O)Nc2cccc([N+](=O)[O-])c2)c(C)o1. The van der Waals surface area contributed by atoms with Crippen molar-refractivity contribution in [1.82, 2.24) is 5.32 Å². The van der Waals surface area contributed by atoms with E-state index in [1.165, 1.54) is 24.3 Å². The van der Waals surface area contributed by atoms with E-state index in [0.717, 1.165) is 0 Å². The fourth-order valence-electron chi connectivity index (χ4n) is 2.01. The number of nitro groups is 1. The molecule has 8 heteroatoms. The lowest BCUT2D eigenvalue weighted by Crippen LogP contribution is -2.32. The molecule has 2 aromatic rings. The molecule has 1 heterocycles. The third-order valence-corrected chi connectivity index (χ3v) is 3.04. The molecule has 1 aromatic carbocycles. The fraction of sp³-hybridized carbons (Fsp3) is 0.200. The number of hydrogen-bond donors (Lipinski definition) is 2. The number of furan rings is 1. The molecule has 8 nitrogen and oxygen atoms in total. The number of carbonyl (C=O) groups is 2. The van der Waals surface area contributed by atoms with Crippen LogP contribution in [0, 0.1) is 24.0 Å². The Bertz CT molecular complexity index is 766. The summed E-state index contributed by atoms with van der Waals surface area (Å²) in [6, 6.07) is 7.13. The molecular weight excluding hydrogens is 302 g/mol. The van der Waals surface area contributed by atoms with Crippen molar-refractivity contribution in [2.24, 2.45) is 0 Å². The second kappa shape index (κ2) is 6.73. The first kappa shape index (κ1) is 16.2. The van der Waals surface area contributed by atoms with Gasteiger partial charge in [-0.3, -0.25) is 19.7 Å². The zero-order valence-electron chi connectivity index (χ0n) is 12.6. The highest BCUT2D eigenvalue weighted by Crippen LogP contribution is 2.17. The van der Waals surface area contributed by atoms with Gasteiger partial charge in [-0.05, 0) is 26.0 Å². The number of non-ortho nitro benzene ring substituents is 1. The molecule has 0 saturated heterocycles. The second-order valence-electron chi connectivity index (χ2n) is 4.87. The Kier molecular flexibility index (Phi) is 4.75. The predicted molar refractivity (Wildman–Crippen MR) is 82.2 cm³/mol. The normalized spacial score (nSPS) is 10.2. The van der Waals surface area contributed by atoms with Crippen LogP contribution in [0.3, 0.4) is 0 Å². The smallest absolute Gasteiger partial charge is 0.271 e. The molecule has 0 fully saturated rings. The molecular formula is C15H15N3O5. The van der Waals surface area contributed by atoms with Gasteiger partial charge in [-0.1, -0.05) is 6.07 Å². The van der Waals surface area contributed by atoms with E-state index in [4.69, 9.17) is 4.42 Å². The largest absolute Gasteiger partial charge is 0.466 e. The number of anilines is 1. The Balaban J connectivity index is 1.92. The maximum atomic E-state index is 11.9. The van der Waals surface area contributed by atoms with Gasteiger partial charge in [0.2, 0.25) is 5.91 Å². The van der Waals surface area contributed by atoms with Gasteiger partial charge in [0.15, 0.2) is 0 Å². The fourth-order valence-corrected chi connectivity index (χ4v) is 2.01. The minimum atomic E-state index is -0.554. The summed E-state index contributed by atoms with van der Waals surface area (Å²) in [5, 5.41) is 15.6. The third-order valence-electron chi connectivity index (χ3n) is 3.04. The molecule has 0 unspecified atom stereocenters. The van der Waals surface area contributed by atoms with E-state index in [2.05, 4.69) is 10.6 Å². The lowest BCUT2D eigenvalue weighted by molar-refractivity contribution is -0.384. The number of nitro benzene ring substituents is 1. The van der Waals surface area contributed by atoms with E-state index in [0.29, 0.717) is 17.1 Å². The monoisotopic (exact) mass is 317 g/mol. The second-order valence-corrected chi connectivity index (χ2v) is 4.87. The van der Waals surface area contributed by atoms with Crippen molar-refractivity contribution in [2.45, 2.75) is 13.8 Å². The molecule has 2 amide bonds. The highest BCUT2D eigenvalue weighted by molar-refractivity contribution is 5.99. The van der Waals surface area contributed by atoms with Gasteiger partial charge < -0.3 is 15.1 Å². The van der Waals surface area contributed by atoms with Crippen LogP contribution >= 0.6 is 0 Å². The van der Waals surface area contributed by atoms with E-state index >= 15 is 0 Å². The van der Waals surface area contributed by atoms with Gasteiger partial charge in [-0.2, -0.15) is 0 Å². The van der Waals surface area contributed by atoms with Crippen LogP contribution < -0.4 is 10.6 Å². The topological polar surface area (TPSA) is 114 Å². The molecule has 0 bridgehead atoms. The maximum Gasteiger partial charge on any atom is 0.271 e. The summed E-state index contributed by atoms with van der Waals surface area (Å²) in [4.78, 5) is 33.9. The molecule has 0 aliphatic rings. The van der Waals surface area contributed by atoms with Gasteiger partial charge in [0.25, 0.3) is 11.6 Å². The number of carbonyl (C=O) groups excluding carboxylic acids is 2. The summed E-state index contributed by atoms with van der Waals surface area (Å²) in [6.45, 7) is 3.12. The number of aryl methyl sites for hydroxylation is 2. The Morgan fingerprint density at radius 3 is 2.61 bits per heavy atom. The van der Waals surface area contributed by atoms with Crippen LogP contribution in [0.4, 0.5) is 11.4 Å². The summed E-state index contributed by atoms with van der Waals surface area (Å²) in [6.07, 6.45) is 0. The first-order valence-electron chi connectivity index (χ1n) is 6.76. The molecule has 0 atom stereocenters. The number of benzene rings is 1. The van der Waals surface area contributed by atoms with Gasteiger partial charge in [-0.25, -0.2) is 0 Å². The van der Waals surface area contributed by atoms with Crippen molar-refractivity contribution in [1.29, 1.82) is 0 Å². The molecule has 0 radical (unpaired) electrons. The lowest BCUT2D eigenvalue weighted by Gasteiger charge is -2.06. The summed E-state index contributed by atoms with van der Waals surface area (Å²) >= 11 is 0. The molecule has 120 valence electrons. The third kappa shape index (κ3) is 4.16. The van der Waals surface area contributed by atoms with Crippen LogP contribution in [0.2, 0.25) is 0 Å². The van der Waals surface area contributed by atoms with Gasteiger partial charge in [-0.15, -0.1) is 0 Å². The number of hydrogen-bond acceptors (Lipinski definition) is 5. The maximum absolute atomic E-state index is 11.9. The molecule has 0 aliphatic carbocycles. The average Bonchev–Trinajstić information content (AvgIpc) is 2.84. The van der Waals surface area contributed by atoms with Crippen molar-refractivity contribution in [3.8, 4) is 0 Å². The predicted octanol–water partition coefficient (Wildman–Crippen LogP) is 2.17. The lowest BCUT2D eigenvalue weighted by atomic mass is 10.2. The zero-order chi connectivity index (χ0) is 17.0. The van der Waals surface area contributed by atoms with E-state index in [1.54, 1.807) is 19.9 Å². The van der Waals surface area contributed by atoms with Crippen molar-refractivity contribution in [2.75, 3.05) is 11.9 Å². The molecule has 23 heavy (non-hydrogen) atoms. The van der Waals surface area contributed by atoms with E-state index in [9.17, 15) is 19.7 Å². The van der Waals surface area contributed by atoms with Crippen LogP contribution in [0.25, 0.3) is 0 Å². The van der Waals surface area contributed by atoms with Crippen LogP contribution in [-0.2, 0) is 4.79 Å². The Morgan fingerprint density at radius 2 is 2.00 bits per heavy atom. The number of amides is 2. The number of nitrogens with one attached hydrogen (secondary N) is 2. The standard InChI is InChI=1S/C15H15N3O5/c1-9-6-13(10(2)23-9)15(20)16-8-14(19)17-11-4-3-5-12(7-11)18(21)22/h3-7H,8H2,1-2H3,(H,16,20)(H,17,19). The van der Waals surface area contributed by atoms with Crippen molar-refractivity contribution in [3.63, 3.8) is 0 Å². The summed E-state index contributed by atoms with van der Waals surface area (Å²) in [7, 11) is 0. The highest BCUT2D eigenvalue weighted by atomic mass is 16.6. The van der Waals surface area contributed by atoms with Crippen molar-refractivity contribution >= 4 is 23.2 Å². The molecule has 0 saturated carbocycles. The first-order chi connectivity index (χ1) is 10.9. The van der Waals surface area contributed by atoms with Gasteiger partial charge >= 0.3 is 0 Å². The molecule has 2 rings (SSSR count). The van der Waals surface area contributed by atoms with Crippen LogP contribution in [-0.4, -0.2) is 23.3 Å². The van der Waals surface area contributed by atoms with Crippen molar-refractivity contribution < 1.29 is 18.9 Å². The molecule has 0 aliphatic heterocycles. The Labute approximate surface area is 131 Å². The Morgan fingerprint density at radius 1 is 1.26 bits per heavy atom. The van der Waals surface area contributed by atoms with E-state index in [-0.39, 0.29) is 17.9 Å². The van der Waals surface area contributed by atoms with Crippen LogP contribution in [0.5, 0.6) is 0 Å². The summed E-state index contributed by atoms with van der Waals surface area (Å²) in [5.41, 5.74) is 0.524. The van der Waals surface area contributed by atoms with Crippen LogP contribution in [0.1, 0.15) is 21.9 Å². The van der Waals surface area contributed by atoms with E-state index in [1.807, 2.05) is 0 Å². The molecule has 1 aromatic heterocycles. The van der Waals surface area contributed by atoms with Crippen molar-refractivity contribution in [3.05, 3.63) is 57.5 Å². The summed E-state index contributed by atoms with van der Waals surface area (Å²) < 4.78 is 5.25. The molecule has 0 spiro atoms. The van der Waals surface area contributed by atoms with Gasteiger partial charge in [0, 0.05) is 17.8 Å². The quantitative estimate of drug-likeness (QED) is 0.648. The van der Waals surface area contributed by atoms with E-state index < -0.39 is 16.7 Å². The Hall–Kier alpha value is -3.16. The minimum absolute atomic E-state index is 0.128. The summed E-state index contributed by atoms with van der Waals surface area (Å²) in [5.74, 6) is 0.165. The minimum Gasteiger partial charge on any atom is -0.466 e. The molecule has 2 N–H and O–H groups in total. The van der Waals surface area contributed by atoms with Gasteiger partial charge in [0.1, 0.15) is 11.5 Å². The van der Waals surface area contributed by atoms with Gasteiger partial charge in [0.05, 0.1) is 17.0 Å². The number of rotatable bonds is 5.